The van der Waals surface area contributed by atoms with Crippen LogP contribution >= 0.6 is 0 Å². The van der Waals surface area contributed by atoms with Crippen LogP contribution in [-0.4, -0.2) is 45.6 Å². The Kier molecular flexibility index (Phi) is 10.1. The molecule has 0 fully saturated rings. The number of carbonyl (C=O) groups excluding carboxylic acids is 1. The lowest BCUT2D eigenvalue weighted by atomic mass is 10.2. The molecule has 0 saturated heterocycles. The Labute approximate surface area is 240 Å². The lowest BCUT2D eigenvalue weighted by Gasteiger charge is -2.22. The third kappa shape index (κ3) is 7.93. The van der Waals surface area contributed by atoms with Gasteiger partial charge in [-0.2, -0.15) is 9.41 Å². The molecule has 0 aliphatic heterocycles. The molecule has 0 bridgehead atoms. The first-order valence-corrected chi connectivity index (χ1v) is 14.2. The minimum Gasteiger partial charge on any atom is -0.493 e. The predicted molar refractivity (Wildman–Crippen MR) is 157 cm³/mol. The second-order valence-electron chi connectivity index (χ2n) is 8.88. The second kappa shape index (κ2) is 14.1. The van der Waals surface area contributed by atoms with Crippen molar-refractivity contribution in [1.82, 2.24) is 9.73 Å². The number of hydrogen-bond acceptors (Lipinski definition) is 7. The maximum Gasteiger partial charge on any atom is 0.255 e. The van der Waals surface area contributed by atoms with Crippen LogP contribution in [0.15, 0.2) is 113 Å². The molecule has 10 heteroatoms. The quantitative estimate of drug-likeness (QED) is 0.185. The van der Waals surface area contributed by atoms with E-state index in [2.05, 4.69) is 10.5 Å². The van der Waals surface area contributed by atoms with E-state index in [0.717, 1.165) is 15.4 Å². The SMILES string of the molecule is COc1ccc(S(=O)(=O)N(CC(=O)N/N=C\c2ccccc2OCc2ccccc2)Cc2ccccc2)cc1OC. The van der Waals surface area contributed by atoms with Crippen molar-refractivity contribution in [2.24, 2.45) is 5.10 Å². The van der Waals surface area contributed by atoms with Crippen LogP contribution in [0.25, 0.3) is 0 Å². The fraction of sp³-hybridized carbons (Fsp3) is 0.161. The number of sulfonamides is 1. The molecule has 0 atom stereocenters. The van der Waals surface area contributed by atoms with Crippen LogP contribution in [0, 0.1) is 0 Å². The Morgan fingerprint density at radius 1 is 0.805 bits per heavy atom. The van der Waals surface area contributed by atoms with Gasteiger partial charge in [0, 0.05) is 18.2 Å². The highest BCUT2D eigenvalue weighted by atomic mass is 32.2. The summed E-state index contributed by atoms with van der Waals surface area (Å²) in [7, 11) is -1.22. The average molecular weight is 574 g/mol. The van der Waals surface area contributed by atoms with Crippen molar-refractivity contribution in [3.05, 3.63) is 120 Å². The van der Waals surface area contributed by atoms with Crippen LogP contribution in [0.4, 0.5) is 0 Å². The molecule has 41 heavy (non-hydrogen) atoms. The molecule has 4 aromatic carbocycles. The molecule has 0 heterocycles. The van der Waals surface area contributed by atoms with Gasteiger partial charge in [-0.15, -0.1) is 0 Å². The van der Waals surface area contributed by atoms with Crippen LogP contribution in [0.3, 0.4) is 0 Å². The summed E-state index contributed by atoms with van der Waals surface area (Å²) in [6.45, 7) is -0.111. The number of methoxy groups -OCH3 is 2. The molecule has 4 aromatic rings. The monoisotopic (exact) mass is 573 g/mol. The summed E-state index contributed by atoms with van der Waals surface area (Å²) < 4.78 is 44.9. The summed E-state index contributed by atoms with van der Waals surface area (Å²) in [5, 5.41) is 4.06. The second-order valence-corrected chi connectivity index (χ2v) is 10.8. The molecule has 0 aliphatic carbocycles. The standard InChI is InChI=1S/C31H31N3O6S/c1-38-29-18-17-27(19-30(29)39-2)41(36,37)34(21-24-11-5-3-6-12-24)22-31(35)33-32-20-26-15-9-10-16-28(26)40-23-25-13-7-4-8-14-25/h3-20H,21-23H2,1-2H3,(H,33,35)/b32-20-. The topological polar surface area (TPSA) is 107 Å². The Balaban J connectivity index is 1.49. The Bertz CT molecular complexity index is 1580. The van der Waals surface area contributed by atoms with Crippen molar-refractivity contribution in [1.29, 1.82) is 0 Å². The van der Waals surface area contributed by atoms with E-state index < -0.39 is 22.5 Å². The largest absolute Gasteiger partial charge is 0.493 e. The number of nitrogens with one attached hydrogen (secondary N) is 1. The fourth-order valence-electron chi connectivity index (χ4n) is 3.96. The molecule has 0 aliphatic rings. The lowest BCUT2D eigenvalue weighted by molar-refractivity contribution is -0.121. The van der Waals surface area contributed by atoms with Gasteiger partial charge in [-0.05, 0) is 35.4 Å². The van der Waals surface area contributed by atoms with Gasteiger partial charge in [0.2, 0.25) is 10.0 Å². The van der Waals surface area contributed by atoms with Gasteiger partial charge < -0.3 is 14.2 Å². The molecule has 0 radical (unpaired) electrons. The number of amides is 1. The van der Waals surface area contributed by atoms with Crippen LogP contribution in [0.1, 0.15) is 16.7 Å². The van der Waals surface area contributed by atoms with Crippen LogP contribution in [0.2, 0.25) is 0 Å². The van der Waals surface area contributed by atoms with Crippen molar-refractivity contribution in [2.45, 2.75) is 18.0 Å². The summed E-state index contributed by atoms with van der Waals surface area (Å²) in [6, 6.07) is 30.3. The van der Waals surface area contributed by atoms with Crippen molar-refractivity contribution in [3.63, 3.8) is 0 Å². The van der Waals surface area contributed by atoms with Crippen molar-refractivity contribution in [3.8, 4) is 17.2 Å². The molecular weight excluding hydrogens is 542 g/mol. The predicted octanol–water partition coefficient (Wildman–Crippen LogP) is 4.62. The fourth-order valence-corrected chi connectivity index (χ4v) is 5.36. The van der Waals surface area contributed by atoms with Crippen LogP contribution in [0.5, 0.6) is 17.2 Å². The molecule has 1 N–H and O–H groups in total. The van der Waals surface area contributed by atoms with E-state index >= 15 is 0 Å². The summed E-state index contributed by atoms with van der Waals surface area (Å²) in [6.07, 6.45) is 1.46. The van der Waals surface area contributed by atoms with Crippen LogP contribution in [-0.2, 0) is 28.0 Å². The normalized spacial score (nSPS) is 11.4. The number of hydrogen-bond donors (Lipinski definition) is 1. The molecule has 0 unspecified atom stereocenters. The highest BCUT2D eigenvalue weighted by Gasteiger charge is 2.28. The highest BCUT2D eigenvalue weighted by molar-refractivity contribution is 7.89. The van der Waals surface area contributed by atoms with Gasteiger partial charge in [-0.25, -0.2) is 13.8 Å². The summed E-state index contributed by atoms with van der Waals surface area (Å²) in [5.41, 5.74) is 4.83. The number of nitrogens with zero attached hydrogens (tertiary/aromatic N) is 2. The van der Waals surface area contributed by atoms with E-state index in [0.29, 0.717) is 23.7 Å². The van der Waals surface area contributed by atoms with E-state index in [1.807, 2.05) is 54.6 Å². The summed E-state index contributed by atoms with van der Waals surface area (Å²) in [4.78, 5) is 12.9. The van der Waals surface area contributed by atoms with E-state index in [4.69, 9.17) is 14.2 Å². The Morgan fingerprint density at radius 3 is 2.12 bits per heavy atom. The summed E-state index contributed by atoms with van der Waals surface area (Å²) >= 11 is 0. The van der Waals surface area contributed by atoms with Crippen molar-refractivity contribution < 1.29 is 27.4 Å². The number of carbonyl (C=O) groups is 1. The van der Waals surface area contributed by atoms with Gasteiger partial charge in [0.15, 0.2) is 11.5 Å². The molecule has 0 aromatic heterocycles. The zero-order valence-electron chi connectivity index (χ0n) is 22.8. The molecule has 212 valence electrons. The average Bonchev–Trinajstić information content (AvgIpc) is 3.01. The molecule has 0 saturated carbocycles. The minimum atomic E-state index is -4.10. The molecule has 1 amide bonds. The van der Waals surface area contributed by atoms with E-state index in [1.54, 1.807) is 30.3 Å². The van der Waals surface area contributed by atoms with Crippen molar-refractivity contribution in [2.75, 3.05) is 20.8 Å². The van der Waals surface area contributed by atoms with E-state index in [9.17, 15) is 13.2 Å². The number of hydrazone groups is 1. The number of rotatable bonds is 13. The van der Waals surface area contributed by atoms with Gasteiger partial charge in [0.05, 0.1) is 31.9 Å². The minimum absolute atomic E-state index is 0.0230. The summed E-state index contributed by atoms with van der Waals surface area (Å²) in [5.74, 6) is 0.636. The maximum atomic E-state index is 13.7. The van der Waals surface area contributed by atoms with E-state index in [1.165, 1.54) is 38.6 Å². The van der Waals surface area contributed by atoms with Crippen LogP contribution < -0.4 is 19.6 Å². The third-order valence-corrected chi connectivity index (χ3v) is 7.85. The van der Waals surface area contributed by atoms with Gasteiger partial charge in [-0.1, -0.05) is 72.8 Å². The number of ether oxygens (including phenoxy) is 3. The van der Waals surface area contributed by atoms with E-state index in [-0.39, 0.29) is 17.2 Å². The number of para-hydroxylation sites is 1. The lowest BCUT2D eigenvalue weighted by Crippen LogP contribution is -2.39. The number of benzene rings is 4. The zero-order chi connectivity index (χ0) is 29.1. The van der Waals surface area contributed by atoms with Gasteiger partial charge >= 0.3 is 0 Å². The third-order valence-electron chi connectivity index (χ3n) is 6.06. The first kappa shape index (κ1) is 29.3. The van der Waals surface area contributed by atoms with Gasteiger partial charge in [-0.3, -0.25) is 4.79 Å². The zero-order valence-corrected chi connectivity index (χ0v) is 23.6. The molecule has 0 spiro atoms. The van der Waals surface area contributed by atoms with Crippen molar-refractivity contribution >= 4 is 22.1 Å². The first-order chi connectivity index (χ1) is 19.9. The molecular formula is C31H31N3O6S. The van der Waals surface area contributed by atoms with Gasteiger partial charge in [0.1, 0.15) is 12.4 Å². The first-order valence-electron chi connectivity index (χ1n) is 12.7. The molecule has 4 rings (SSSR count). The molecule has 9 nitrogen and oxygen atoms in total. The highest BCUT2D eigenvalue weighted by Crippen LogP contribution is 2.31. The smallest absolute Gasteiger partial charge is 0.255 e. The Hall–Kier alpha value is -4.67. The van der Waals surface area contributed by atoms with Gasteiger partial charge in [0.25, 0.3) is 5.91 Å². The Morgan fingerprint density at radius 2 is 1.44 bits per heavy atom. The maximum absolute atomic E-state index is 13.7.